The van der Waals surface area contributed by atoms with Crippen molar-refractivity contribution in [1.29, 1.82) is 0 Å². The van der Waals surface area contributed by atoms with Gasteiger partial charge in [0.05, 0.1) is 11.9 Å². The zero-order chi connectivity index (χ0) is 13.2. The molecule has 1 amide bonds. The van der Waals surface area contributed by atoms with Crippen LogP contribution in [0.4, 0.5) is 5.69 Å². The summed E-state index contributed by atoms with van der Waals surface area (Å²) < 4.78 is 0. The van der Waals surface area contributed by atoms with Crippen molar-refractivity contribution in [2.45, 2.75) is 26.2 Å². The number of hydrogen-bond acceptors (Lipinski definition) is 3. The Kier molecular flexibility index (Phi) is 3.14. The molecule has 2 heterocycles. The lowest BCUT2D eigenvalue weighted by atomic mass is 9.87. The van der Waals surface area contributed by atoms with Crippen LogP contribution in [-0.4, -0.2) is 21.1 Å². The first-order chi connectivity index (χ1) is 8.47. The van der Waals surface area contributed by atoms with E-state index in [1.165, 1.54) is 0 Å². The molecule has 0 aliphatic carbocycles. The van der Waals surface area contributed by atoms with Gasteiger partial charge in [0.15, 0.2) is 0 Å². The summed E-state index contributed by atoms with van der Waals surface area (Å²) in [7, 11) is 0. The Morgan fingerprint density at radius 2 is 2.17 bits per heavy atom. The summed E-state index contributed by atoms with van der Waals surface area (Å²) in [4.78, 5) is 16.1. The summed E-state index contributed by atoms with van der Waals surface area (Å²) in [6.07, 6.45) is 4.82. The Morgan fingerprint density at radius 1 is 1.39 bits per heavy atom. The van der Waals surface area contributed by atoms with Gasteiger partial charge < -0.3 is 5.32 Å². The molecule has 0 saturated heterocycles. The maximum Gasteiger partial charge on any atom is 0.274 e. The van der Waals surface area contributed by atoms with Gasteiger partial charge >= 0.3 is 0 Å². The van der Waals surface area contributed by atoms with Crippen molar-refractivity contribution >= 4 is 11.6 Å². The minimum absolute atomic E-state index is 0.00634. The van der Waals surface area contributed by atoms with E-state index in [0.717, 1.165) is 5.56 Å². The van der Waals surface area contributed by atoms with Gasteiger partial charge in [0.2, 0.25) is 0 Å². The lowest BCUT2D eigenvalue weighted by Gasteiger charge is -2.19. The van der Waals surface area contributed by atoms with Crippen molar-refractivity contribution in [3.63, 3.8) is 0 Å². The number of carbonyl (C=O) groups is 1. The third-order valence-corrected chi connectivity index (χ3v) is 2.61. The summed E-state index contributed by atoms with van der Waals surface area (Å²) in [6, 6.07) is 3.74. The van der Waals surface area contributed by atoms with Gasteiger partial charge in [-0.3, -0.25) is 14.9 Å². The van der Waals surface area contributed by atoms with Gasteiger partial charge in [0.25, 0.3) is 5.91 Å². The van der Waals surface area contributed by atoms with Crippen LogP contribution in [0.25, 0.3) is 0 Å². The molecule has 0 atom stereocenters. The Hall–Kier alpha value is -2.17. The largest absolute Gasteiger partial charge is 0.318 e. The molecule has 0 fully saturated rings. The molecule has 0 radical (unpaired) electrons. The molecular weight excluding hydrogens is 228 g/mol. The second-order valence-corrected chi connectivity index (χ2v) is 5.12. The van der Waals surface area contributed by atoms with E-state index in [9.17, 15) is 4.79 Å². The third-order valence-electron chi connectivity index (χ3n) is 2.61. The number of H-pyrrole nitrogens is 1. The number of amides is 1. The van der Waals surface area contributed by atoms with Gasteiger partial charge in [-0.15, -0.1) is 0 Å². The molecule has 0 aliphatic rings. The summed E-state index contributed by atoms with van der Waals surface area (Å²) in [5, 5.41) is 9.12. The fraction of sp³-hybridized carbons (Fsp3) is 0.308. The molecule has 2 N–H and O–H groups in total. The standard InChI is InChI=1S/C13H16N4O/c1-13(2,3)9-4-5-14-11(6-9)12(18)17-10-7-15-16-8-10/h4-8H,1-3H3,(H,15,16)(H,17,18). The van der Waals surface area contributed by atoms with Crippen molar-refractivity contribution in [3.05, 3.63) is 42.0 Å². The van der Waals surface area contributed by atoms with Gasteiger partial charge in [-0.25, -0.2) is 0 Å². The van der Waals surface area contributed by atoms with Crippen molar-refractivity contribution in [2.75, 3.05) is 5.32 Å². The topological polar surface area (TPSA) is 70.7 Å². The van der Waals surface area contributed by atoms with Crippen LogP contribution in [0.15, 0.2) is 30.7 Å². The van der Waals surface area contributed by atoms with Gasteiger partial charge in [-0.1, -0.05) is 20.8 Å². The molecule has 0 aliphatic heterocycles. The highest BCUT2D eigenvalue weighted by molar-refractivity contribution is 6.02. The van der Waals surface area contributed by atoms with Crippen molar-refractivity contribution in [1.82, 2.24) is 15.2 Å². The van der Waals surface area contributed by atoms with Gasteiger partial charge in [0, 0.05) is 12.4 Å². The molecule has 2 rings (SSSR count). The fourth-order valence-corrected chi connectivity index (χ4v) is 1.54. The highest BCUT2D eigenvalue weighted by Gasteiger charge is 2.16. The number of carbonyl (C=O) groups excluding carboxylic acids is 1. The number of aromatic amines is 1. The third kappa shape index (κ3) is 2.74. The Balaban J connectivity index is 2.21. The van der Waals surface area contributed by atoms with Crippen LogP contribution in [0.1, 0.15) is 36.8 Å². The van der Waals surface area contributed by atoms with E-state index in [0.29, 0.717) is 11.4 Å². The first-order valence-electron chi connectivity index (χ1n) is 5.73. The summed E-state index contributed by atoms with van der Waals surface area (Å²) in [5.74, 6) is -0.234. The smallest absolute Gasteiger partial charge is 0.274 e. The quantitative estimate of drug-likeness (QED) is 0.851. The molecule has 0 spiro atoms. The van der Waals surface area contributed by atoms with E-state index in [1.807, 2.05) is 12.1 Å². The normalized spacial score (nSPS) is 11.3. The number of rotatable bonds is 2. The van der Waals surface area contributed by atoms with E-state index < -0.39 is 0 Å². The van der Waals surface area contributed by atoms with E-state index >= 15 is 0 Å². The van der Waals surface area contributed by atoms with Crippen LogP contribution in [0.3, 0.4) is 0 Å². The Bertz CT molecular complexity index is 540. The summed E-state index contributed by atoms with van der Waals surface area (Å²) in [6.45, 7) is 6.29. The first kappa shape index (κ1) is 12.3. The molecule has 18 heavy (non-hydrogen) atoms. The fourth-order valence-electron chi connectivity index (χ4n) is 1.54. The predicted octanol–water partition coefficient (Wildman–Crippen LogP) is 2.35. The van der Waals surface area contributed by atoms with Crippen LogP contribution in [0, 0.1) is 0 Å². The van der Waals surface area contributed by atoms with Crippen LogP contribution in [0.5, 0.6) is 0 Å². The molecule has 5 heteroatoms. The maximum atomic E-state index is 12.0. The molecule has 5 nitrogen and oxygen atoms in total. The number of pyridine rings is 1. The van der Waals surface area contributed by atoms with Crippen molar-refractivity contribution in [3.8, 4) is 0 Å². The molecule has 94 valence electrons. The number of hydrogen-bond donors (Lipinski definition) is 2. The lowest BCUT2D eigenvalue weighted by molar-refractivity contribution is 0.102. The number of nitrogens with one attached hydrogen (secondary N) is 2. The van der Waals surface area contributed by atoms with Crippen molar-refractivity contribution in [2.24, 2.45) is 0 Å². The SMILES string of the molecule is CC(C)(C)c1ccnc(C(=O)Nc2cn[nH]c2)c1. The van der Waals surface area contributed by atoms with Crippen molar-refractivity contribution < 1.29 is 4.79 Å². The Morgan fingerprint density at radius 3 is 2.78 bits per heavy atom. The number of nitrogens with zero attached hydrogens (tertiary/aromatic N) is 2. The van der Waals surface area contributed by atoms with Gasteiger partial charge in [-0.05, 0) is 23.1 Å². The van der Waals surface area contributed by atoms with Crippen LogP contribution < -0.4 is 5.32 Å². The molecule has 0 unspecified atom stereocenters. The average Bonchev–Trinajstić information content (AvgIpc) is 2.81. The van der Waals surface area contributed by atoms with Gasteiger partial charge in [0.1, 0.15) is 5.69 Å². The van der Waals surface area contributed by atoms with Gasteiger partial charge in [-0.2, -0.15) is 5.10 Å². The van der Waals surface area contributed by atoms with E-state index in [2.05, 4.69) is 41.3 Å². The predicted molar refractivity (Wildman–Crippen MR) is 69.5 cm³/mol. The molecule has 2 aromatic rings. The molecular formula is C13H16N4O. The maximum absolute atomic E-state index is 12.0. The molecule has 2 aromatic heterocycles. The average molecular weight is 244 g/mol. The van der Waals surface area contributed by atoms with Crippen LogP contribution in [-0.2, 0) is 5.41 Å². The second-order valence-electron chi connectivity index (χ2n) is 5.12. The van der Waals surface area contributed by atoms with Crippen LogP contribution in [0.2, 0.25) is 0 Å². The number of anilines is 1. The summed E-state index contributed by atoms with van der Waals surface area (Å²) >= 11 is 0. The summed E-state index contributed by atoms with van der Waals surface area (Å²) in [5.41, 5.74) is 2.11. The first-order valence-corrected chi connectivity index (χ1v) is 5.73. The molecule has 0 bridgehead atoms. The highest BCUT2D eigenvalue weighted by atomic mass is 16.1. The Labute approximate surface area is 106 Å². The minimum atomic E-state index is -0.234. The van der Waals surface area contributed by atoms with Crippen LogP contribution >= 0.6 is 0 Å². The second kappa shape index (κ2) is 4.60. The van der Waals surface area contributed by atoms with E-state index in [1.54, 1.807) is 18.6 Å². The molecule has 0 saturated carbocycles. The zero-order valence-corrected chi connectivity index (χ0v) is 10.7. The minimum Gasteiger partial charge on any atom is -0.318 e. The monoisotopic (exact) mass is 244 g/mol. The lowest BCUT2D eigenvalue weighted by Crippen LogP contribution is -2.17. The highest BCUT2D eigenvalue weighted by Crippen LogP contribution is 2.22. The zero-order valence-electron chi connectivity index (χ0n) is 10.7. The van der Waals surface area contributed by atoms with E-state index in [-0.39, 0.29) is 11.3 Å². The molecule has 0 aromatic carbocycles. The van der Waals surface area contributed by atoms with E-state index in [4.69, 9.17) is 0 Å². The number of aromatic nitrogens is 3.